The summed E-state index contributed by atoms with van der Waals surface area (Å²) in [4.78, 5) is 11.8. The van der Waals surface area contributed by atoms with Gasteiger partial charge in [0, 0.05) is 18.5 Å². The summed E-state index contributed by atoms with van der Waals surface area (Å²) in [5.74, 6) is 0.878. The van der Waals surface area contributed by atoms with Crippen molar-refractivity contribution >= 4 is 5.91 Å². The summed E-state index contributed by atoms with van der Waals surface area (Å²) in [5.41, 5.74) is 5.64. The van der Waals surface area contributed by atoms with Crippen LogP contribution < -0.4 is 11.1 Å². The predicted molar refractivity (Wildman–Crippen MR) is 62.3 cm³/mol. The lowest BCUT2D eigenvalue weighted by Crippen LogP contribution is -2.43. The third kappa shape index (κ3) is 4.04. The molecule has 0 radical (unpaired) electrons. The summed E-state index contributed by atoms with van der Waals surface area (Å²) in [6.45, 7) is 4.82. The normalized spacial score (nSPS) is 18.4. The highest BCUT2D eigenvalue weighted by molar-refractivity contribution is 5.79. The molecule has 1 aliphatic rings. The van der Waals surface area contributed by atoms with Gasteiger partial charge in [-0.3, -0.25) is 4.79 Å². The third-order valence-corrected chi connectivity index (χ3v) is 2.77. The van der Waals surface area contributed by atoms with Gasteiger partial charge in [-0.2, -0.15) is 0 Å². The molecule has 0 aromatic rings. The number of rotatable bonds is 5. The molecule has 0 bridgehead atoms. The van der Waals surface area contributed by atoms with Crippen LogP contribution in [0.5, 0.6) is 0 Å². The number of amides is 1. The Bertz CT molecular complexity index is 228. The van der Waals surface area contributed by atoms with Crippen LogP contribution in [0.4, 0.5) is 0 Å². The Hall–Kier alpha value is -0.830. The van der Waals surface area contributed by atoms with Gasteiger partial charge in [0.15, 0.2) is 0 Å². The van der Waals surface area contributed by atoms with E-state index < -0.39 is 0 Å². The van der Waals surface area contributed by atoms with Crippen LogP contribution >= 0.6 is 0 Å². The van der Waals surface area contributed by atoms with Gasteiger partial charge < -0.3 is 11.1 Å². The Morgan fingerprint density at radius 2 is 2.07 bits per heavy atom. The Balaban J connectivity index is 2.34. The number of carbonyl (C=O) groups excluding carboxylic acids is 1. The quantitative estimate of drug-likeness (QED) is 0.675. The number of hydrogen-bond donors (Lipinski definition) is 2. The number of allylic oxidation sites excluding steroid dienone is 2. The molecule has 0 heterocycles. The molecule has 1 rings (SSSR count). The molecule has 0 saturated heterocycles. The SMILES string of the molecule is CC(C)CC(CN)NC(=O)C1CC=CC1. The van der Waals surface area contributed by atoms with Crippen LogP contribution in [0.15, 0.2) is 12.2 Å². The molecule has 0 fully saturated rings. The third-order valence-electron chi connectivity index (χ3n) is 2.77. The van der Waals surface area contributed by atoms with Crippen molar-refractivity contribution < 1.29 is 4.79 Å². The van der Waals surface area contributed by atoms with E-state index >= 15 is 0 Å². The van der Waals surface area contributed by atoms with Gasteiger partial charge >= 0.3 is 0 Å². The highest BCUT2D eigenvalue weighted by Crippen LogP contribution is 2.18. The Morgan fingerprint density at radius 1 is 1.47 bits per heavy atom. The monoisotopic (exact) mass is 210 g/mol. The summed E-state index contributed by atoms with van der Waals surface area (Å²) >= 11 is 0. The first-order chi connectivity index (χ1) is 7.13. The highest BCUT2D eigenvalue weighted by Gasteiger charge is 2.21. The molecule has 1 atom stereocenters. The zero-order chi connectivity index (χ0) is 11.3. The summed E-state index contributed by atoms with van der Waals surface area (Å²) in [7, 11) is 0. The van der Waals surface area contributed by atoms with Crippen LogP contribution in [0.25, 0.3) is 0 Å². The molecule has 3 N–H and O–H groups in total. The van der Waals surface area contributed by atoms with E-state index in [4.69, 9.17) is 5.73 Å². The fourth-order valence-electron chi connectivity index (χ4n) is 1.93. The van der Waals surface area contributed by atoms with Crippen LogP contribution in [0.3, 0.4) is 0 Å². The van der Waals surface area contributed by atoms with E-state index in [2.05, 4.69) is 31.3 Å². The van der Waals surface area contributed by atoms with Crippen molar-refractivity contribution in [1.29, 1.82) is 0 Å². The smallest absolute Gasteiger partial charge is 0.223 e. The van der Waals surface area contributed by atoms with Crippen molar-refractivity contribution in [3.63, 3.8) is 0 Å². The van der Waals surface area contributed by atoms with Gasteiger partial charge in [-0.15, -0.1) is 0 Å². The van der Waals surface area contributed by atoms with E-state index in [9.17, 15) is 4.79 Å². The summed E-state index contributed by atoms with van der Waals surface area (Å²) in [6.07, 6.45) is 6.87. The van der Waals surface area contributed by atoms with Crippen LogP contribution in [0, 0.1) is 11.8 Å². The van der Waals surface area contributed by atoms with Crippen molar-refractivity contribution in [3.8, 4) is 0 Å². The van der Waals surface area contributed by atoms with E-state index in [1.807, 2.05) is 0 Å². The van der Waals surface area contributed by atoms with Crippen molar-refractivity contribution in [2.75, 3.05) is 6.54 Å². The predicted octanol–water partition coefficient (Wildman–Crippen LogP) is 1.44. The molecule has 0 spiro atoms. The molecular formula is C12H22N2O. The molecule has 0 aromatic heterocycles. The van der Waals surface area contributed by atoms with Gasteiger partial charge in [0.25, 0.3) is 0 Å². The number of nitrogens with two attached hydrogens (primary N) is 1. The van der Waals surface area contributed by atoms with E-state index in [0.717, 1.165) is 19.3 Å². The second-order valence-corrected chi connectivity index (χ2v) is 4.71. The molecule has 15 heavy (non-hydrogen) atoms. The standard InChI is InChI=1S/C12H22N2O/c1-9(2)7-11(8-13)14-12(15)10-5-3-4-6-10/h3-4,9-11H,5-8,13H2,1-2H3,(H,14,15). The molecule has 1 amide bonds. The van der Waals surface area contributed by atoms with Gasteiger partial charge in [-0.25, -0.2) is 0 Å². The van der Waals surface area contributed by atoms with Crippen molar-refractivity contribution in [3.05, 3.63) is 12.2 Å². The Morgan fingerprint density at radius 3 is 2.53 bits per heavy atom. The van der Waals surface area contributed by atoms with Gasteiger partial charge in [-0.1, -0.05) is 26.0 Å². The second-order valence-electron chi connectivity index (χ2n) is 4.71. The molecule has 86 valence electrons. The largest absolute Gasteiger partial charge is 0.352 e. The molecule has 0 saturated carbocycles. The molecule has 3 nitrogen and oxygen atoms in total. The maximum Gasteiger partial charge on any atom is 0.223 e. The summed E-state index contributed by atoms with van der Waals surface area (Å²) in [6, 6.07) is 0.137. The number of hydrogen-bond acceptors (Lipinski definition) is 2. The molecule has 3 heteroatoms. The fourth-order valence-corrected chi connectivity index (χ4v) is 1.93. The molecular weight excluding hydrogens is 188 g/mol. The maximum atomic E-state index is 11.8. The Labute approximate surface area is 92.1 Å². The second kappa shape index (κ2) is 5.91. The zero-order valence-corrected chi connectivity index (χ0v) is 9.70. The topological polar surface area (TPSA) is 55.1 Å². The van der Waals surface area contributed by atoms with Crippen LogP contribution in [-0.2, 0) is 4.79 Å². The van der Waals surface area contributed by atoms with E-state index in [0.29, 0.717) is 12.5 Å². The number of carbonyl (C=O) groups is 1. The summed E-state index contributed by atoms with van der Waals surface area (Å²) in [5, 5.41) is 3.04. The van der Waals surface area contributed by atoms with Crippen molar-refractivity contribution in [2.24, 2.45) is 17.6 Å². The molecule has 0 aliphatic heterocycles. The van der Waals surface area contributed by atoms with E-state index in [1.165, 1.54) is 0 Å². The maximum absolute atomic E-state index is 11.8. The average Bonchev–Trinajstić information content (AvgIpc) is 2.68. The van der Waals surface area contributed by atoms with Crippen molar-refractivity contribution in [2.45, 2.75) is 39.2 Å². The minimum atomic E-state index is 0.137. The fraction of sp³-hybridized carbons (Fsp3) is 0.750. The zero-order valence-electron chi connectivity index (χ0n) is 9.70. The van der Waals surface area contributed by atoms with Gasteiger partial charge in [0.1, 0.15) is 0 Å². The van der Waals surface area contributed by atoms with Crippen LogP contribution in [0.2, 0.25) is 0 Å². The number of nitrogens with one attached hydrogen (secondary N) is 1. The first-order valence-electron chi connectivity index (χ1n) is 5.79. The molecule has 1 unspecified atom stereocenters. The van der Waals surface area contributed by atoms with Crippen LogP contribution in [0.1, 0.15) is 33.1 Å². The minimum absolute atomic E-state index is 0.137. The van der Waals surface area contributed by atoms with E-state index in [1.54, 1.807) is 0 Å². The van der Waals surface area contributed by atoms with E-state index in [-0.39, 0.29) is 17.9 Å². The van der Waals surface area contributed by atoms with Crippen molar-refractivity contribution in [1.82, 2.24) is 5.32 Å². The van der Waals surface area contributed by atoms with Gasteiger partial charge in [0.2, 0.25) is 5.91 Å². The minimum Gasteiger partial charge on any atom is -0.352 e. The lowest BCUT2D eigenvalue weighted by atomic mass is 10.0. The lowest BCUT2D eigenvalue weighted by molar-refractivity contribution is -0.125. The average molecular weight is 210 g/mol. The highest BCUT2D eigenvalue weighted by atomic mass is 16.1. The van der Waals surface area contributed by atoms with Gasteiger partial charge in [0.05, 0.1) is 0 Å². The summed E-state index contributed by atoms with van der Waals surface area (Å²) < 4.78 is 0. The lowest BCUT2D eigenvalue weighted by Gasteiger charge is -2.20. The Kier molecular flexibility index (Phi) is 4.82. The van der Waals surface area contributed by atoms with Gasteiger partial charge in [-0.05, 0) is 25.2 Å². The molecule has 1 aliphatic carbocycles. The molecule has 0 aromatic carbocycles. The first kappa shape index (κ1) is 12.2. The van der Waals surface area contributed by atoms with Crippen LogP contribution in [-0.4, -0.2) is 18.5 Å². The first-order valence-corrected chi connectivity index (χ1v) is 5.79.